The first-order valence-electron chi connectivity index (χ1n) is 8.42. The molecule has 1 heterocycles. The topological polar surface area (TPSA) is 104 Å². The number of benzene rings is 1. The van der Waals surface area contributed by atoms with Crippen LogP contribution in [0.4, 0.5) is 11.4 Å². The molecule has 26 heavy (non-hydrogen) atoms. The van der Waals surface area contributed by atoms with Crippen LogP contribution in [0.25, 0.3) is 0 Å². The molecule has 8 heteroatoms. The van der Waals surface area contributed by atoms with E-state index >= 15 is 0 Å². The molecule has 0 spiro atoms. The minimum Gasteiger partial charge on any atom is -0.478 e. The second kappa shape index (κ2) is 7.55. The molecule has 1 amide bonds. The van der Waals surface area contributed by atoms with Crippen molar-refractivity contribution in [3.63, 3.8) is 0 Å². The van der Waals surface area contributed by atoms with Crippen molar-refractivity contribution >= 4 is 23.3 Å². The third kappa shape index (κ3) is 3.84. The zero-order valence-electron chi connectivity index (χ0n) is 15.2. The molecular weight excluding hydrogens is 338 g/mol. The van der Waals surface area contributed by atoms with E-state index in [1.165, 1.54) is 12.1 Å². The Kier molecular flexibility index (Phi) is 5.64. The number of carboxylic acid groups (broad SMARTS) is 1. The second-order valence-electron chi connectivity index (χ2n) is 7.04. The van der Waals surface area contributed by atoms with Gasteiger partial charge in [0.15, 0.2) is 0 Å². The number of nitrogens with zero attached hydrogens (tertiary/aromatic N) is 3. The van der Waals surface area contributed by atoms with E-state index < -0.39 is 16.9 Å². The van der Waals surface area contributed by atoms with Crippen molar-refractivity contribution in [1.82, 2.24) is 4.90 Å². The van der Waals surface area contributed by atoms with Gasteiger partial charge in [-0.1, -0.05) is 27.7 Å². The van der Waals surface area contributed by atoms with Gasteiger partial charge in [-0.15, -0.1) is 0 Å². The summed E-state index contributed by atoms with van der Waals surface area (Å²) >= 11 is 0. The molecule has 1 N–H and O–H groups in total. The highest BCUT2D eigenvalue weighted by Crippen LogP contribution is 2.34. The van der Waals surface area contributed by atoms with Gasteiger partial charge < -0.3 is 14.9 Å². The number of carboxylic acids is 1. The van der Waals surface area contributed by atoms with Gasteiger partial charge in [0.2, 0.25) is 5.91 Å². The first-order valence-corrected chi connectivity index (χ1v) is 8.42. The van der Waals surface area contributed by atoms with Crippen molar-refractivity contribution in [2.24, 2.45) is 11.8 Å². The van der Waals surface area contributed by atoms with Crippen LogP contribution in [-0.2, 0) is 4.79 Å². The SMILES string of the molecule is CC(C)CN1C=CN(c2ccc(C(=O)O)cc2[N+](=O)[O-])[C@@H](C(C)C)C1=O. The van der Waals surface area contributed by atoms with Gasteiger partial charge in [0.1, 0.15) is 11.7 Å². The molecule has 8 nitrogen and oxygen atoms in total. The zero-order chi connectivity index (χ0) is 19.6. The van der Waals surface area contributed by atoms with Crippen LogP contribution < -0.4 is 4.90 Å². The molecule has 0 fully saturated rings. The first-order chi connectivity index (χ1) is 12.1. The molecule has 0 aliphatic carbocycles. The molecule has 0 bridgehead atoms. The number of rotatable bonds is 6. The monoisotopic (exact) mass is 361 g/mol. The zero-order valence-corrected chi connectivity index (χ0v) is 15.2. The number of hydrogen-bond acceptors (Lipinski definition) is 5. The number of nitro groups is 1. The number of carbonyl (C=O) groups excluding carboxylic acids is 1. The van der Waals surface area contributed by atoms with Gasteiger partial charge >= 0.3 is 5.97 Å². The molecule has 1 atom stereocenters. The van der Waals surface area contributed by atoms with Crippen LogP contribution in [0.5, 0.6) is 0 Å². The van der Waals surface area contributed by atoms with E-state index in [-0.39, 0.29) is 34.7 Å². The van der Waals surface area contributed by atoms with Crippen LogP contribution in [0.2, 0.25) is 0 Å². The average Bonchev–Trinajstić information content (AvgIpc) is 2.55. The number of aromatic carboxylic acids is 1. The lowest BCUT2D eigenvalue weighted by molar-refractivity contribution is -0.384. The molecular formula is C18H23N3O5. The lowest BCUT2D eigenvalue weighted by Crippen LogP contribution is -2.52. The average molecular weight is 361 g/mol. The highest BCUT2D eigenvalue weighted by Gasteiger charge is 2.37. The maximum Gasteiger partial charge on any atom is 0.335 e. The van der Waals surface area contributed by atoms with Gasteiger partial charge in [-0.3, -0.25) is 14.9 Å². The number of hydrogen-bond donors (Lipinski definition) is 1. The van der Waals surface area contributed by atoms with Crippen molar-refractivity contribution < 1.29 is 19.6 Å². The van der Waals surface area contributed by atoms with Crippen LogP contribution in [0.3, 0.4) is 0 Å². The summed E-state index contributed by atoms with van der Waals surface area (Å²) in [5.74, 6) is -1.19. The van der Waals surface area contributed by atoms with Gasteiger partial charge in [0, 0.05) is 25.0 Å². The van der Waals surface area contributed by atoms with Gasteiger partial charge in [-0.05, 0) is 24.0 Å². The number of anilines is 1. The van der Waals surface area contributed by atoms with E-state index in [1.807, 2.05) is 27.7 Å². The summed E-state index contributed by atoms with van der Waals surface area (Å²) in [5, 5.41) is 20.6. The number of nitro benzene ring substituents is 1. The van der Waals surface area contributed by atoms with Gasteiger partial charge in [0.05, 0.1) is 10.5 Å². The Bertz CT molecular complexity index is 757. The molecule has 0 aromatic heterocycles. The van der Waals surface area contributed by atoms with Crippen molar-refractivity contribution in [3.8, 4) is 0 Å². The standard InChI is InChI=1S/C18H23N3O5/c1-11(2)10-19-7-8-20(16(12(3)4)17(19)22)14-6-5-13(18(23)24)9-15(14)21(25)26/h5-9,11-12,16H,10H2,1-4H3,(H,23,24)/t16-/m0/s1. The summed E-state index contributed by atoms with van der Waals surface area (Å²) in [6, 6.07) is 3.11. The quantitative estimate of drug-likeness (QED) is 0.617. The second-order valence-corrected chi connectivity index (χ2v) is 7.04. The smallest absolute Gasteiger partial charge is 0.335 e. The predicted octanol–water partition coefficient (Wildman–Crippen LogP) is 3.09. The Morgan fingerprint density at radius 2 is 1.92 bits per heavy atom. The Balaban J connectivity index is 2.53. The Labute approximate surface area is 151 Å². The largest absolute Gasteiger partial charge is 0.478 e. The minimum atomic E-state index is -1.24. The van der Waals surface area contributed by atoms with Crippen molar-refractivity contribution in [3.05, 3.63) is 46.3 Å². The molecule has 140 valence electrons. The first kappa shape index (κ1) is 19.4. The maximum atomic E-state index is 12.9. The van der Waals surface area contributed by atoms with E-state index in [4.69, 9.17) is 5.11 Å². The molecule has 1 aromatic rings. The summed E-state index contributed by atoms with van der Waals surface area (Å²) in [4.78, 5) is 38.1. The van der Waals surface area contributed by atoms with Gasteiger partial charge in [-0.25, -0.2) is 4.79 Å². The van der Waals surface area contributed by atoms with E-state index in [1.54, 1.807) is 22.2 Å². The third-order valence-electron chi connectivity index (χ3n) is 4.13. The van der Waals surface area contributed by atoms with Crippen LogP contribution in [0.15, 0.2) is 30.6 Å². The molecule has 0 saturated carbocycles. The maximum absolute atomic E-state index is 12.9. The summed E-state index contributed by atoms with van der Waals surface area (Å²) in [7, 11) is 0. The highest BCUT2D eigenvalue weighted by molar-refractivity contribution is 5.92. The Morgan fingerprint density at radius 1 is 1.27 bits per heavy atom. The lowest BCUT2D eigenvalue weighted by atomic mass is 9.98. The number of carbonyl (C=O) groups is 2. The molecule has 1 aliphatic rings. The molecule has 0 unspecified atom stereocenters. The van der Waals surface area contributed by atoms with E-state index in [2.05, 4.69) is 0 Å². The molecule has 1 aliphatic heterocycles. The van der Waals surface area contributed by atoms with Crippen LogP contribution in [0, 0.1) is 22.0 Å². The third-order valence-corrected chi connectivity index (χ3v) is 4.13. The summed E-state index contributed by atoms with van der Waals surface area (Å²) in [6.45, 7) is 8.33. The van der Waals surface area contributed by atoms with Crippen molar-refractivity contribution in [2.75, 3.05) is 11.4 Å². The Morgan fingerprint density at radius 3 is 2.42 bits per heavy atom. The van der Waals surface area contributed by atoms with Crippen LogP contribution >= 0.6 is 0 Å². The van der Waals surface area contributed by atoms with Crippen molar-refractivity contribution in [1.29, 1.82) is 0 Å². The van der Waals surface area contributed by atoms with Crippen LogP contribution in [0.1, 0.15) is 38.1 Å². The predicted molar refractivity (Wildman–Crippen MR) is 96.9 cm³/mol. The van der Waals surface area contributed by atoms with E-state index in [0.717, 1.165) is 6.07 Å². The summed E-state index contributed by atoms with van der Waals surface area (Å²) < 4.78 is 0. The van der Waals surface area contributed by atoms with Crippen molar-refractivity contribution in [2.45, 2.75) is 33.7 Å². The molecule has 1 aromatic carbocycles. The van der Waals surface area contributed by atoms with Crippen LogP contribution in [-0.4, -0.2) is 39.4 Å². The minimum absolute atomic E-state index is 0.0964. The molecule has 0 radical (unpaired) electrons. The normalized spacial score (nSPS) is 17.3. The van der Waals surface area contributed by atoms with Gasteiger partial charge in [0.25, 0.3) is 5.69 Å². The molecule has 0 saturated heterocycles. The van der Waals surface area contributed by atoms with E-state index in [0.29, 0.717) is 6.54 Å². The fourth-order valence-corrected chi connectivity index (χ4v) is 3.01. The fourth-order valence-electron chi connectivity index (χ4n) is 3.01. The summed E-state index contributed by atoms with van der Waals surface area (Å²) in [5.41, 5.74) is -0.312. The van der Waals surface area contributed by atoms with E-state index in [9.17, 15) is 19.7 Å². The summed E-state index contributed by atoms with van der Waals surface area (Å²) in [6.07, 6.45) is 3.27. The molecule has 2 rings (SSSR count). The lowest BCUT2D eigenvalue weighted by Gasteiger charge is -2.39. The number of amides is 1. The highest BCUT2D eigenvalue weighted by atomic mass is 16.6. The Hall–Kier alpha value is -2.90. The fraction of sp³-hybridized carbons (Fsp3) is 0.444. The van der Waals surface area contributed by atoms with Gasteiger partial charge in [-0.2, -0.15) is 0 Å².